The van der Waals surface area contributed by atoms with Gasteiger partial charge in [0, 0.05) is 25.4 Å². The van der Waals surface area contributed by atoms with Crippen molar-refractivity contribution < 1.29 is 13.2 Å². The Balaban J connectivity index is 2.13. The minimum Gasteiger partial charge on any atom is -0.343 e. The lowest BCUT2D eigenvalue weighted by Gasteiger charge is -2.30. The second-order valence-electron chi connectivity index (χ2n) is 5.63. The van der Waals surface area contributed by atoms with Gasteiger partial charge in [0.1, 0.15) is 6.54 Å². The van der Waals surface area contributed by atoms with Gasteiger partial charge in [-0.05, 0) is 18.8 Å². The lowest BCUT2D eigenvalue weighted by Crippen LogP contribution is -2.39. The molecule has 120 valence electrons. The molecule has 0 bridgehead atoms. The number of nitriles is 1. The lowest BCUT2D eigenvalue weighted by molar-refractivity contribution is -0.127. The summed E-state index contributed by atoms with van der Waals surface area (Å²) in [7, 11) is -1.89. The van der Waals surface area contributed by atoms with E-state index in [1.165, 1.54) is 10.8 Å². The molecule has 8 heteroatoms. The van der Waals surface area contributed by atoms with Crippen molar-refractivity contribution in [2.24, 2.45) is 18.9 Å². The molecule has 1 aromatic heterocycles. The number of carbonyl (C=O) groups is 1. The molecule has 0 unspecified atom stereocenters. The van der Waals surface area contributed by atoms with Gasteiger partial charge in [-0.25, -0.2) is 13.4 Å². The van der Waals surface area contributed by atoms with Gasteiger partial charge in [-0.3, -0.25) is 4.79 Å². The molecule has 0 radical (unpaired) electrons. The average Bonchev–Trinajstić information content (AvgIpc) is 2.92. The number of imidazole rings is 1. The number of nitrogens with one attached hydrogen (secondary N) is 1. The zero-order valence-electron chi connectivity index (χ0n) is 12.5. The van der Waals surface area contributed by atoms with E-state index in [9.17, 15) is 13.2 Å². The van der Waals surface area contributed by atoms with E-state index in [1.54, 1.807) is 13.2 Å². The Kier molecular flexibility index (Phi) is 5.19. The number of rotatable bonds is 5. The molecule has 0 aliphatic heterocycles. The minimum absolute atomic E-state index is 0.0363. The van der Waals surface area contributed by atoms with E-state index in [1.807, 2.05) is 6.07 Å². The van der Waals surface area contributed by atoms with Crippen molar-refractivity contribution in [2.45, 2.75) is 30.8 Å². The first-order valence-electron chi connectivity index (χ1n) is 7.30. The lowest BCUT2D eigenvalue weighted by atomic mass is 9.80. The summed E-state index contributed by atoms with van der Waals surface area (Å²) < 4.78 is 26.5. The molecule has 0 saturated heterocycles. The van der Waals surface area contributed by atoms with E-state index in [4.69, 9.17) is 5.26 Å². The molecule has 1 saturated carbocycles. The maximum atomic E-state index is 12.5. The van der Waals surface area contributed by atoms with Crippen LogP contribution in [0.3, 0.4) is 0 Å². The van der Waals surface area contributed by atoms with E-state index < -0.39 is 9.84 Å². The Morgan fingerprint density at radius 1 is 1.50 bits per heavy atom. The summed E-state index contributed by atoms with van der Waals surface area (Å²) in [6.07, 6.45) is 6.23. The average molecular weight is 324 g/mol. The smallest absolute Gasteiger partial charge is 0.227 e. The highest BCUT2D eigenvalue weighted by Crippen LogP contribution is 2.32. The summed E-state index contributed by atoms with van der Waals surface area (Å²) in [6.45, 7) is -0.0475. The fourth-order valence-corrected chi connectivity index (χ4v) is 4.85. The third-order valence-electron chi connectivity index (χ3n) is 4.08. The van der Waals surface area contributed by atoms with Gasteiger partial charge in [-0.15, -0.1) is 0 Å². The fraction of sp³-hybridized carbons (Fsp3) is 0.643. The SMILES string of the molecule is Cn1ccnc1S(=O)(=O)C[C@@H]1CCCC[C@H]1C(=O)NCC#N. The van der Waals surface area contributed by atoms with Crippen LogP contribution in [0.15, 0.2) is 17.6 Å². The Bertz CT molecular complexity index is 675. The van der Waals surface area contributed by atoms with Crippen LogP contribution < -0.4 is 5.32 Å². The normalized spacial score (nSPS) is 22.0. The summed E-state index contributed by atoms with van der Waals surface area (Å²) >= 11 is 0. The maximum Gasteiger partial charge on any atom is 0.227 e. The fourth-order valence-electron chi connectivity index (χ4n) is 3.02. The monoisotopic (exact) mass is 324 g/mol. The molecule has 1 N–H and O–H groups in total. The molecule has 1 aliphatic carbocycles. The van der Waals surface area contributed by atoms with Crippen LogP contribution in [-0.2, 0) is 21.7 Å². The molecule has 1 aromatic rings. The number of nitrogens with zero attached hydrogens (tertiary/aromatic N) is 3. The Hall–Kier alpha value is -1.88. The highest BCUT2D eigenvalue weighted by molar-refractivity contribution is 7.91. The van der Waals surface area contributed by atoms with Gasteiger partial charge in [0.2, 0.25) is 20.9 Å². The predicted octanol–water partition coefficient (Wildman–Crippen LogP) is 0.640. The summed E-state index contributed by atoms with van der Waals surface area (Å²) in [5, 5.41) is 11.1. The van der Waals surface area contributed by atoms with Crippen molar-refractivity contribution in [3.8, 4) is 6.07 Å². The van der Waals surface area contributed by atoms with Crippen molar-refractivity contribution in [1.29, 1.82) is 5.26 Å². The second kappa shape index (κ2) is 6.92. The summed E-state index contributed by atoms with van der Waals surface area (Å²) in [4.78, 5) is 16.0. The molecule has 7 nitrogen and oxygen atoms in total. The number of hydrogen-bond acceptors (Lipinski definition) is 5. The number of carbonyl (C=O) groups excluding carboxylic acids is 1. The molecule has 0 spiro atoms. The van der Waals surface area contributed by atoms with Gasteiger partial charge >= 0.3 is 0 Å². The van der Waals surface area contributed by atoms with E-state index in [2.05, 4.69) is 10.3 Å². The second-order valence-corrected chi connectivity index (χ2v) is 7.56. The maximum absolute atomic E-state index is 12.5. The first kappa shape index (κ1) is 16.5. The van der Waals surface area contributed by atoms with E-state index >= 15 is 0 Å². The van der Waals surface area contributed by atoms with Crippen LogP contribution in [0, 0.1) is 23.2 Å². The standard InChI is InChI=1S/C14H20N4O3S/c1-18-9-8-17-14(18)22(20,21)10-11-4-2-3-5-12(11)13(19)16-7-6-15/h8-9,11-12H,2-5,7,10H2,1H3,(H,16,19)/t11-,12+/m0/s1. The third kappa shape index (κ3) is 3.65. The summed E-state index contributed by atoms with van der Waals surface area (Å²) in [5.41, 5.74) is 0. The molecule has 22 heavy (non-hydrogen) atoms. The van der Waals surface area contributed by atoms with Gasteiger partial charge in [0.15, 0.2) is 0 Å². The van der Waals surface area contributed by atoms with Crippen molar-refractivity contribution in [3.05, 3.63) is 12.4 Å². The van der Waals surface area contributed by atoms with Crippen LogP contribution in [-0.4, -0.2) is 36.2 Å². The van der Waals surface area contributed by atoms with Crippen LogP contribution in [0.25, 0.3) is 0 Å². The van der Waals surface area contributed by atoms with Crippen molar-refractivity contribution in [1.82, 2.24) is 14.9 Å². The van der Waals surface area contributed by atoms with Crippen molar-refractivity contribution in [3.63, 3.8) is 0 Å². The molecule has 1 fully saturated rings. The highest BCUT2D eigenvalue weighted by Gasteiger charge is 2.35. The highest BCUT2D eigenvalue weighted by atomic mass is 32.2. The third-order valence-corrected chi connectivity index (χ3v) is 5.89. The van der Waals surface area contributed by atoms with Gasteiger partial charge in [-0.1, -0.05) is 12.8 Å². The topological polar surface area (TPSA) is 105 Å². The number of sulfone groups is 1. The number of aromatic nitrogens is 2. The largest absolute Gasteiger partial charge is 0.343 e. The number of aryl methyl sites for hydroxylation is 1. The number of hydrogen-bond donors (Lipinski definition) is 1. The van der Waals surface area contributed by atoms with Gasteiger partial charge < -0.3 is 9.88 Å². The van der Waals surface area contributed by atoms with Gasteiger partial charge in [0.05, 0.1) is 11.8 Å². The van der Waals surface area contributed by atoms with Crippen molar-refractivity contribution >= 4 is 15.7 Å². The Morgan fingerprint density at radius 2 is 2.23 bits per heavy atom. The first-order valence-corrected chi connectivity index (χ1v) is 8.95. The molecule has 1 heterocycles. The molecule has 1 amide bonds. The number of amides is 1. The quantitative estimate of drug-likeness (QED) is 0.800. The molecule has 2 atom stereocenters. The van der Waals surface area contributed by atoms with Crippen LogP contribution in [0.2, 0.25) is 0 Å². The minimum atomic E-state index is -3.53. The Labute approximate surface area is 130 Å². The van der Waals surface area contributed by atoms with Crippen LogP contribution in [0.5, 0.6) is 0 Å². The zero-order chi connectivity index (χ0) is 16.2. The van der Waals surface area contributed by atoms with E-state index in [-0.39, 0.29) is 35.2 Å². The van der Waals surface area contributed by atoms with Crippen LogP contribution in [0.4, 0.5) is 0 Å². The van der Waals surface area contributed by atoms with Gasteiger partial charge in [-0.2, -0.15) is 5.26 Å². The van der Waals surface area contributed by atoms with Crippen LogP contribution in [0.1, 0.15) is 25.7 Å². The van der Waals surface area contributed by atoms with Crippen molar-refractivity contribution in [2.75, 3.05) is 12.3 Å². The molecular formula is C14H20N4O3S. The molecular weight excluding hydrogens is 304 g/mol. The molecule has 2 rings (SSSR count). The summed E-state index contributed by atoms with van der Waals surface area (Å²) in [6, 6.07) is 1.87. The molecule has 0 aromatic carbocycles. The zero-order valence-corrected chi connectivity index (χ0v) is 13.3. The van der Waals surface area contributed by atoms with E-state index in [0.29, 0.717) is 12.8 Å². The van der Waals surface area contributed by atoms with Gasteiger partial charge in [0.25, 0.3) is 0 Å². The van der Waals surface area contributed by atoms with E-state index in [0.717, 1.165) is 12.8 Å². The predicted molar refractivity (Wildman–Crippen MR) is 79.3 cm³/mol. The van der Waals surface area contributed by atoms with Crippen LogP contribution >= 0.6 is 0 Å². The Morgan fingerprint density at radius 3 is 2.86 bits per heavy atom. The summed E-state index contributed by atoms with van der Waals surface area (Å²) in [5.74, 6) is -0.879. The first-order chi connectivity index (χ1) is 10.5. The molecule has 1 aliphatic rings.